The Morgan fingerprint density at radius 3 is 2.39 bits per heavy atom. The van der Waals surface area contributed by atoms with E-state index in [-0.39, 0.29) is 72.2 Å². The van der Waals surface area contributed by atoms with Gasteiger partial charge in [-0.3, -0.25) is 0 Å². The summed E-state index contributed by atoms with van der Waals surface area (Å²) in [5.41, 5.74) is 1.61. The summed E-state index contributed by atoms with van der Waals surface area (Å²) in [5, 5.41) is 0. The summed E-state index contributed by atoms with van der Waals surface area (Å²) >= 11 is 0. The van der Waals surface area contributed by atoms with Crippen molar-refractivity contribution in [1.29, 1.82) is 0 Å². The molecule has 6 aliphatic heterocycles. The Morgan fingerprint density at radius 1 is 0.919 bits per heavy atom. The number of benzene rings is 2. The van der Waals surface area contributed by atoms with Crippen molar-refractivity contribution in [3.05, 3.63) is 77.4 Å². The zero-order valence-electron chi connectivity index (χ0n) is 38.8. The topological polar surface area (TPSA) is 109 Å². The average Bonchev–Trinajstić information content (AvgIpc) is 4.08. The number of carbonyl (C=O) groups is 1. The van der Waals surface area contributed by atoms with Crippen LogP contribution in [0.25, 0.3) is 0 Å². The minimum Gasteiger partial charge on any atom is -0.497 e. The lowest BCUT2D eigenvalue weighted by molar-refractivity contribution is -0.334. The highest BCUT2D eigenvalue weighted by Gasteiger charge is 2.62. The van der Waals surface area contributed by atoms with E-state index in [0.717, 1.165) is 61.8 Å². The Kier molecular flexibility index (Phi) is 13.4. The summed E-state index contributed by atoms with van der Waals surface area (Å²) in [6.45, 7) is 18.2. The second kappa shape index (κ2) is 18.2. The Morgan fingerprint density at radius 2 is 1.68 bits per heavy atom. The van der Waals surface area contributed by atoms with Crippen LogP contribution in [0.2, 0.25) is 0 Å². The third-order valence-electron chi connectivity index (χ3n) is 15.6. The van der Waals surface area contributed by atoms with Gasteiger partial charge in [0, 0.05) is 41.7 Å². The van der Waals surface area contributed by atoms with Gasteiger partial charge >= 0.3 is 5.97 Å². The summed E-state index contributed by atoms with van der Waals surface area (Å²) in [7, 11) is 3.08. The summed E-state index contributed by atoms with van der Waals surface area (Å²) in [6.07, 6.45) is 7.25. The van der Waals surface area contributed by atoms with Gasteiger partial charge < -0.3 is 47.4 Å². The smallest absolute Gasteiger partial charge is 0.333 e. The third-order valence-corrected chi connectivity index (χ3v) is 15.6. The van der Waals surface area contributed by atoms with Crippen molar-refractivity contribution >= 4 is 5.97 Å². The SMILES string of the molecule is CC[C@@]1([C@@H]2O[C@H]([C@H]3O[C@@]4(CO[C@@H](c5ccc(OC)cc5)O4)[C@H](C)C[C@@H]3C)C[C@@H]2C)CC[C@H]([C@@]2(C)CC[C@]3(C[C@H](OCc4ccccc4)[C@@H](C)[C@@H]([C@@H](C)/C=C(\C)C(=O)OC)O3)O2)O1. The first-order chi connectivity index (χ1) is 29.6. The van der Waals surface area contributed by atoms with Crippen LogP contribution in [0.3, 0.4) is 0 Å². The van der Waals surface area contributed by atoms with Crippen molar-refractivity contribution in [3.63, 3.8) is 0 Å². The molecular weight excluding hydrogens is 789 g/mol. The Balaban J connectivity index is 0.956. The molecule has 0 saturated carbocycles. The van der Waals surface area contributed by atoms with Crippen molar-refractivity contribution < 1.29 is 52.2 Å². The van der Waals surface area contributed by atoms with Crippen LogP contribution in [-0.2, 0) is 54.0 Å². The maximum atomic E-state index is 12.4. The van der Waals surface area contributed by atoms with Crippen LogP contribution < -0.4 is 4.74 Å². The highest BCUT2D eigenvalue weighted by molar-refractivity contribution is 5.87. The zero-order chi connectivity index (χ0) is 44.0. The molecule has 6 fully saturated rings. The van der Waals surface area contributed by atoms with Gasteiger partial charge in [-0.05, 0) is 81.9 Å². The molecule has 0 aliphatic carbocycles. The van der Waals surface area contributed by atoms with Crippen molar-refractivity contribution in [2.45, 2.75) is 179 Å². The highest BCUT2D eigenvalue weighted by Crippen LogP contribution is 2.56. The van der Waals surface area contributed by atoms with E-state index in [1.54, 1.807) is 14.0 Å². The molecule has 342 valence electrons. The first-order valence-electron chi connectivity index (χ1n) is 23.4. The summed E-state index contributed by atoms with van der Waals surface area (Å²) in [4.78, 5) is 12.4. The molecule has 0 radical (unpaired) electrons. The van der Waals surface area contributed by atoms with Gasteiger partial charge in [-0.25, -0.2) is 4.79 Å². The molecule has 6 aliphatic rings. The van der Waals surface area contributed by atoms with Crippen molar-refractivity contribution in [1.82, 2.24) is 0 Å². The molecule has 2 spiro atoms. The molecule has 0 unspecified atom stereocenters. The fraction of sp³-hybridized carbons (Fsp3) is 0.706. The van der Waals surface area contributed by atoms with Crippen LogP contribution in [0.15, 0.2) is 66.2 Å². The lowest BCUT2D eigenvalue weighted by Crippen LogP contribution is -2.55. The molecule has 6 saturated heterocycles. The lowest BCUT2D eigenvalue weighted by atomic mass is 9.80. The number of esters is 1. The van der Waals surface area contributed by atoms with Gasteiger partial charge in [-0.15, -0.1) is 0 Å². The summed E-state index contributed by atoms with van der Waals surface area (Å²) in [5.74, 6) is -0.542. The number of carbonyl (C=O) groups excluding carboxylic acids is 1. The zero-order valence-corrected chi connectivity index (χ0v) is 38.8. The molecule has 16 atom stereocenters. The average molecular weight is 861 g/mol. The van der Waals surface area contributed by atoms with Crippen molar-refractivity contribution in [3.8, 4) is 5.75 Å². The second-order valence-corrected chi connectivity index (χ2v) is 19.9. The maximum absolute atomic E-state index is 12.4. The molecular formula is C51H72O11. The van der Waals surface area contributed by atoms with Crippen LogP contribution in [0, 0.1) is 29.6 Å². The van der Waals surface area contributed by atoms with Crippen LogP contribution in [-0.4, -0.2) is 86.2 Å². The molecule has 0 amide bonds. The predicted octanol–water partition coefficient (Wildman–Crippen LogP) is 9.65. The van der Waals surface area contributed by atoms with Crippen LogP contribution >= 0.6 is 0 Å². The fourth-order valence-electron chi connectivity index (χ4n) is 11.9. The van der Waals surface area contributed by atoms with E-state index in [4.69, 9.17) is 47.4 Å². The molecule has 62 heavy (non-hydrogen) atoms. The van der Waals surface area contributed by atoms with Crippen LogP contribution in [0.5, 0.6) is 5.75 Å². The van der Waals surface area contributed by atoms with E-state index in [1.165, 1.54) is 7.11 Å². The standard InChI is InChI=1S/C51H72O11/c1-11-49(45-33(4)27-40(57-45)44-32(3)26-35(6)51(60-44)30-56-47(61-51)38-17-19-39(53-9)20-18-38)22-21-42(58-49)48(8)23-24-50(62-48)28-41(55-29-37-15-13-12-14-16-37)36(7)43(59-50)31(2)25-34(5)46(52)54-10/h12-20,25,31-33,35-36,40-45,47H,11,21-24,26-30H2,1-10H3/b34-25+/t31-,32-,33-,35+,36+,40-,41-,42+,43+,44-,45+,47+,48+,49-,50+,51+/m0/s1. The van der Waals surface area contributed by atoms with Gasteiger partial charge in [-0.1, -0.05) is 90.1 Å². The minimum absolute atomic E-state index is 0.0533. The lowest BCUT2D eigenvalue weighted by Gasteiger charge is -2.48. The molecule has 2 aromatic rings. The van der Waals surface area contributed by atoms with E-state index in [0.29, 0.717) is 25.2 Å². The minimum atomic E-state index is -0.850. The highest BCUT2D eigenvalue weighted by atomic mass is 16.8. The quantitative estimate of drug-likeness (QED) is 0.150. The number of hydrogen-bond donors (Lipinski definition) is 0. The van der Waals surface area contributed by atoms with E-state index in [9.17, 15) is 4.79 Å². The molecule has 0 N–H and O–H groups in total. The van der Waals surface area contributed by atoms with Gasteiger partial charge in [0.05, 0.1) is 68.7 Å². The molecule has 0 bridgehead atoms. The fourth-order valence-corrected chi connectivity index (χ4v) is 11.9. The van der Waals surface area contributed by atoms with Gasteiger partial charge in [0.1, 0.15) is 12.4 Å². The van der Waals surface area contributed by atoms with E-state index in [1.807, 2.05) is 48.5 Å². The molecule has 11 heteroatoms. The normalized spacial score (nSPS) is 42.7. The van der Waals surface area contributed by atoms with E-state index >= 15 is 0 Å². The van der Waals surface area contributed by atoms with Gasteiger partial charge in [0.15, 0.2) is 17.9 Å². The molecule has 2 aromatic carbocycles. The first-order valence-corrected chi connectivity index (χ1v) is 23.4. The second-order valence-electron chi connectivity index (χ2n) is 19.9. The molecule has 0 aromatic heterocycles. The van der Waals surface area contributed by atoms with E-state index in [2.05, 4.69) is 60.6 Å². The van der Waals surface area contributed by atoms with Crippen LogP contribution in [0.1, 0.15) is 124 Å². The predicted molar refractivity (Wildman–Crippen MR) is 233 cm³/mol. The largest absolute Gasteiger partial charge is 0.497 e. The number of hydrogen-bond acceptors (Lipinski definition) is 11. The molecule has 8 rings (SSSR count). The third kappa shape index (κ3) is 8.79. The first kappa shape index (κ1) is 45.7. The van der Waals surface area contributed by atoms with Gasteiger partial charge in [0.25, 0.3) is 0 Å². The van der Waals surface area contributed by atoms with E-state index < -0.39 is 29.1 Å². The summed E-state index contributed by atoms with van der Waals surface area (Å²) in [6, 6.07) is 18.1. The van der Waals surface area contributed by atoms with Gasteiger partial charge in [-0.2, -0.15) is 0 Å². The van der Waals surface area contributed by atoms with Crippen molar-refractivity contribution in [2.75, 3.05) is 20.8 Å². The van der Waals surface area contributed by atoms with Gasteiger partial charge in [0.2, 0.25) is 0 Å². The number of rotatable bonds is 12. The molecule has 6 heterocycles. The summed E-state index contributed by atoms with van der Waals surface area (Å²) < 4.78 is 66.1. The Labute approximate surface area is 369 Å². The van der Waals surface area contributed by atoms with Crippen LogP contribution in [0.4, 0.5) is 0 Å². The number of ether oxygens (including phenoxy) is 10. The molecule has 11 nitrogen and oxygen atoms in total. The maximum Gasteiger partial charge on any atom is 0.333 e. The number of methoxy groups -OCH3 is 2. The monoisotopic (exact) mass is 861 g/mol. The van der Waals surface area contributed by atoms with Crippen molar-refractivity contribution in [2.24, 2.45) is 29.6 Å². The Hall–Kier alpha value is -2.87. The Bertz CT molecular complexity index is 1870.